The lowest BCUT2D eigenvalue weighted by Gasteiger charge is -2.10. The largest absolute Gasteiger partial charge is 0.490 e. The SMILES string of the molecule is CC(CCN)C(=O)OCCOc1ccccc1. The zero-order chi connectivity index (χ0) is 12.5. The van der Waals surface area contributed by atoms with Gasteiger partial charge in [0.05, 0.1) is 5.92 Å². The van der Waals surface area contributed by atoms with E-state index in [0.29, 0.717) is 19.6 Å². The molecule has 1 atom stereocenters. The molecule has 1 aromatic carbocycles. The van der Waals surface area contributed by atoms with Gasteiger partial charge in [-0.05, 0) is 25.1 Å². The Bertz CT molecular complexity index is 327. The van der Waals surface area contributed by atoms with Crippen LogP contribution in [0, 0.1) is 5.92 Å². The third kappa shape index (κ3) is 5.36. The van der Waals surface area contributed by atoms with E-state index in [2.05, 4.69) is 0 Å². The molecule has 17 heavy (non-hydrogen) atoms. The number of esters is 1. The van der Waals surface area contributed by atoms with Crippen LogP contribution in [0.4, 0.5) is 0 Å². The van der Waals surface area contributed by atoms with E-state index in [9.17, 15) is 4.79 Å². The van der Waals surface area contributed by atoms with E-state index in [-0.39, 0.29) is 18.5 Å². The van der Waals surface area contributed by atoms with Gasteiger partial charge in [-0.25, -0.2) is 0 Å². The first-order valence-electron chi connectivity index (χ1n) is 5.78. The molecule has 0 aliphatic carbocycles. The summed E-state index contributed by atoms with van der Waals surface area (Å²) >= 11 is 0. The molecule has 0 radical (unpaired) electrons. The second-order valence-corrected chi connectivity index (χ2v) is 3.81. The lowest BCUT2D eigenvalue weighted by atomic mass is 10.1. The number of rotatable bonds is 7. The van der Waals surface area contributed by atoms with Crippen molar-refractivity contribution in [3.05, 3.63) is 30.3 Å². The van der Waals surface area contributed by atoms with Crippen LogP contribution in [0.25, 0.3) is 0 Å². The molecule has 0 saturated heterocycles. The maximum absolute atomic E-state index is 11.4. The van der Waals surface area contributed by atoms with E-state index in [1.807, 2.05) is 37.3 Å². The van der Waals surface area contributed by atoms with Crippen LogP contribution in [0.1, 0.15) is 13.3 Å². The van der Waals surface area contributed by atoms with Crippen molar-refractivity contribution in [3.63, 3.8) is 0 Å². The number of carbonyl (C=O) groups is 1. The molecule has 1 aromatic rings. The standard InChI is InChI=1S/C13H19NO3/c1-11(7-8-14)13(15)17-10-9-16-12-5-3-2-4-6-12/h2-6,11H,7-10,14H2,1H3. The van der Waals surface area contributed by atoms with E-state index in [0.717, 1.165) is 5.75 Å². The Balaban J connectivity index is 2.14. The Morgan fingerprint density at radius 3 is 2.65 bits per heavy atom. The topological polar surface area (TPSA) is 61.6 Å². The molecule has 0 spiro atoms. The molecular weight excluding hydrogens is 218 g/mol. The summed E-state index contributed by atoms with van der Waals surface area (Å²) in [5, 5.41) is 0. The fourth-order valence-electron chi connectivity index (χ4n) is 1.33. The Morgan fingerprint density at radius 1 is 1.29 bits per heavy atom. The number of hydrogen-bond donors (Lipinski definition) is 1. The van der Waals surface area contributed by atoms with Crippen LogP contribution in [0.3, 0.4) is 0 Å². The minimum Gasteiger partial charge on any atom is -0.490 e. The van der Waals surface area contributed by atoms with Crippen molar-refractivity contribution in [2.45, 2.75) is 13.3 Å². The van der Waals surface area contributed by atoms with Gasteiger partial charge in [0.2, 0.25) is 0 Å². The van der Waals surface area contributed by atoms with Gasteiger partial charge in [-0.1, -0.05) is 25.1 Å². The number of ether oxygens (including phenoxy) is 2. The first-order valence-corrected chi connectivity index (χ1v) is 5.78. The summed E-state index contributed by atoms with van der Waals surface area (Å²) in [6.07, 6.45) is 0.651. The third-order valence-electron chi connectivity index (χ3n) is 2.34. The van der Waals surface area contributed by atoms with Crippen LogP contribution in [0.5, 0.6) is 5.75 Å². The van der Waals surface area contributed by atoms with Crippen LogP contribution < -0.4 is 10.5 Å². The van der Waals surface area contributed by atoms with Crippen molar-refractivity contribution < 1.29 is 14.3 Å². The second-order valence-electron chi connectivity index (χ2n) is 3.81. The van der Waals surface area contributed by atoms with Gasteiger partial charge in [-0.15, -0.1) is 0 Å². The quantitative estimate of drug-likeness (QED) is 0.578. The molecule has 0 saturated carbocycles. The molecule has 0 aliphatic rings. The summed E-state index contributed by atoms with van der Waals surface area (Å²) in [6, 6.07) is 9.43. The number of hydrogen-bond acceptors (Lipinski definition) is 4. The lowest BCUT2D eigenvalue weighted by Crippen LogP contribution is -2.20. The third-order valence-corrected chi connectivity index (χ3v) is 2.34. The number of nitrogens with two attached hydrogens (primary N) is 1. The molecule has 0 fully saturated rings. The first-order chi connectivity index (χ1) is 8.24. The maximum Gasteiger partial charge on any atom is 0.308 e. The van der Waals surface area contributed by atoms with Gasteiger partial charge in [0.25, 0.3) is 0 Å². The van der Waals surface area contributed by atoms with Crippen LogP contribution in [0.15, 0.2) is 30.3 Å². The summed E-state index contributed by atoms with van der Waals surface area (Å²) in [6.45, 7) is 2.94. The van der Waals surface area contributed by atoms with Gasteiger partial charge >= 0.3 is 5.97 Å². The van der Waals surface area contributed by atoms with E-state index >= 15 is 0 Å². The fourth-order valence-corrected chi connectivity index (χ4v) is 1.33. The minimum atomic E-state index is -0.216. The van der Waals surface area contributed by atoms with Gasteiger partial charge in [0.1, 0.15) is 19.0 Å². The Hall–Kier alpha value is -1.55. The molecular formula is C13H19NO3. The molecule has 0 bridgehead atoms. The fraction of sp³-hybridized carbons (Fsp3) is 0.462. The Morgan fingerprint density at radius 2 is 2.00 bits per heavy atom. The van der Waals surface area contributed by atoms with Gasteiger partial charge in [0, 0.05) is 0 Å². The van der Waals surface area contributed by atoms with Crippen LogP contribution >= 0.6 is 0 Å². The Labute approximate surface area is 102 Å². The predicted octanol–water partition coefficient (Wildman–Crippen LogP) is 1.59. The average molecular weight is 237 g/mol. The molecule has 1 rings (SSSR count). The molecule has 1 unspecified atom stereocenters. The van der Waals surface area contributed by atoms with Gasteiger partial charge in [-0.2, -0.15) is 0 Å². The van der Waals surface area contributed by atoms with Crippen molar-refractivity contribution in [1.29, 1.82) is 0 Å². The van der Waals surface area contributed by atoms with Crippen LogP contribution in [0.2, 0.25) is 0 Å². The highest BCUT2D eigenvalue weighted by Crippen LogP contribution is 2.08. The molecule has 0 amide bonds. The van der Waals surface area contributed by atoms with Crippen LogP contribution in [-0.4, -0.2) is 25.7 Å². The highest BCUT2D eigenvalue weighted by Gasteiger charge is 2.12. The van der Waals surface area contributed by atoms with Crippen LogP contribution in [-0.2, 0) is 9.53 Å². The molecule has 94 valence electrons. The number of benzene rings is 1. The molecule has 4 nitrogen and oxygen atoms in total. The predicted molar refractivity (Wildman–Crippen MR) is 65.7 cm³/mol. The molecule has 4 heteroatoms. The van der Waals surface area contributed by atoms with E-state index < -0.39 is 0 Å². The number of carbonyl (C=O) groups excluding carboxylic acids is 1. The molecule has 0 heterocycles. The van der Waals surface area contributed by atoms with E-state index in [4.69, 9.17) is 15.2 Å². The maximum atomic E-state index is 11.4. The highest BCUT2D eigenvalue weighted by atomic mass is 16.6. The zero-order valence-electron chi connectivity index (χ0n) is 10.1. The summed E-state index contributed by atoms with van der Waals surface area (Å²) in [5.74, 6) is 0.419. The molecule has 0 aromatic heterocycles. The monoisotopic (exact) mass is 237 g/mol. The van der Waals surface area contributed by atoms with Crippen molar-refractivity contribution in [1.82, 2.24) is 0 Å². The summed E-state index contributed by atoms with van der Waals surface area (Å²) in [4.78, 5) is 11.4. The second kappa shape index (κ2) is 7.68. The first kappa shape index (κ1) is 13.5. The van der Waals surface area contributed by atoms with Gasteiger partial charge in [-0.3, -0.25) is 4.79 Å². The van der Waals surface area contributed by atoms with Gasteiger partial charge < -0.3 is 15.2 Å². The van der Waals surface area contributed by atoms with Gasteiger partial charge in [0.15, 0.2) is 0 Å². The highest BCUT2D eigenvalue weighted by molar-refractivity contribution is 5.71. The molecule has 0 aliphatic heterocycles. The smallest absolute Gasteiger partial charge is 0.308 e. The Kier molecular flexibility index (Phi) is 6.10. The number of para-hydroxylation sites is 1. The van der Waals surface area contributed by atoms with E-state index in [1.165, 1.54) is 0 Å². The normalized spacial score (nSPS) is 11.9. The minimum absolute atomic E-state index is 0.142. The van der Waals surface area contributed by atoms with Crippen molar-refractivity contribution in [2.24, 2.45) is 11.7 Å². The average Bonchev–Trinajstić information content (AvgIpc) is 2.36. The van der Waals surface area contributed by atoms with Crippen molar-refractivity contribution in [2.75, 3.05) is 19.8 Å². The van der Waals surface area contributed by atoms with E-state index in [1.54, 1.807) is 0 Å². The zero-order valence-corrected chi connectivity index (χ0v) is 10.1. The summed E-state index contributed by atoms with van der Waals surface area (Å²) < 4.78 is 10.5. The molecule has 2 N–H and O–H groups in total. The van der Waals surface area contributed by atoms with Crippen molar-refractivity contribution >= 4 is 5.97 Å². The lowest BCUT2D eigenvalue weighted by molar-refractivity contribution is -0.148. The summed E-state index contributed by atoms with van der Waals surface area (Å²) in [5.41, 5.74) is 5.37. The summed E-state index contributed by atoms with van der Waals surface area (Å²) in [7, 11) is 0. The van der Waals surface area contributed by atoms with Crippen molar-refractivity contribution in [3.8, 4) is 5.75 Å².